The fourth-order valence-corrected chi connectivity index (χ4v) is 0.561. The van der Waals surface area contributed by atoms with Crippen molar-refractivity contribution in [1.29, 1.82) is 0 Å². The molecule has 0 radical (unpaired) electrons. The summed E-state index contributed by atoms with van der Waals surface area (Å²) in [6, 6.07) is 0.527. The van der Waals surface area contributed by atoms with Gasteiger partial charge in [0.25, 0.3) is 5.95 Å². The van der Waals surface area contributed by atoms with E-state index in [-0.39, 0.29) is 0 Å². The zero-order chi connectivity index (χ0) is 7.72. The van der Waals surface area contributed by atoms with E-state index in [0.29, 0.717) is 6.07 Å². The molecule has 0 saturated carbocycles. The molecule has 1 rings (SSSR count). The largest absolute Gasteiger partial charge is 0.251 e. The molecule has 0 aliphatic carbocycles. The topological polar surface area (TPSA) is 12.9 Å². The third kappa shape index (κ3) is 1.21. The first-order valence-corrected chi connectivity index (χ1v) is 2.66. The van der Waals surface area contributed by atoms with Crippen molar-refractivity contribution in [2.45, 2.75) is 0 Å². The molecule has 1 aromatic heterocycles. The Balaban J connectivity index is 3.28. The molecule has 54 valence electrons. The van der Waals surface area contributed by atoms with Gasteiger partial charge in [0.15, 0.2) is 5.82 Å². The first kappa shape index (κ1) is 7.34. The van der Waals surface area contributed by atoms with Crippen molar-refractivity contribution in [3.05, 3.63) is 28.8 Å². The number of hydrogen-bond donors (Lipinski definition) is 0. The summed E-state index contributed by atoms with van der Waals surface area (Å²) < 4.78 is 36.2. The molecule has 0 bridgehead atoms. The lowest BCUT2D eigenvalue weighted by atomic mass is 10.5. The van der Waals surface area contributed by atoms with E-state index < -0.39 is 22.7 Å². The molecule has 5 heteroatoms. The van der Waals surface area contributed by atoms with Gasteiger partial charge in [0.1, 0.15) is 0 Å². The summed E-state index contributed by atoms with van der Waals surface area (Å²) in [5.74, 6) is -3.95. The average molecular weight is 168 g/mol. The number of hydrogen-bond acceptors (Lipinski definition) is 1. The fraction of sp³-hybridized carbons (Fsp3) is 0. The van der Waals surface area contributed by atoms with Gasteiger partial charge in [0.2, 0.25) is 5.95 Å². The molecule has 1 heterocycles. The molecule has 0 N–H and O–H groups in total. The molecular weight excluding hydrogens is 167 g/mol. The lowest BCUT2D eigenvalue weighted by molar-refractivity contribution is 0.447. The van der Waals surface area contributed by atoms with Gasteiger partial charge in [-0.3, -0.25) is 0 Å². The quantitative estimate of drug-likeness (QED) is 0.540. The third-order valence-electron chi connectivity index (χ3n) is 0.844. The van der Waals surface area contributed by atoms with Crippen molar-refractivity contribution < 1.29 is 13.2 Å². The van der Waals surface area contributed by atoms with Crippen LogP contribution in [0.2, 0.25) is 5.02 Å². The summed E-state index contributed by atoms with van der Waals surface area (Å²) in [6.07, 6.45) is 0. The molecule has 10 heavy (non-hydrogen) atoms. The zero-order valence-electron chi connectivity index (χ0n) is 4.54. The molecule has 0 aromatic carbocycles. The number of aromatic nitrogens is 1. The summed E-state index contributed by atoms with van der Waals surface area (Å²) in [5, 5.41) is -0.529. The molecule has 1 nitrogen and oxygen atoms in total. The van der Waals surface area contributed by atoms with Crippen LogP contribution in [0.1, 0.15) is 0 Å². The molecule has 0 amide bonds. The van der Waals surface area contributed by atoms with Crippen LogP contribution in [0.3, 0.4) is 0 Å². The van der Waals surface area contributed by atoms with Crippen LogP contribution in [0.4, 0.5) is 13.2 Å². The van der Waals surface area contributed by atoms with Crippen molar-refractivity contribution in [3.8, 4) is 0 Å². The first-order chi connectivity index (χ1) is 4.61. The second-order valence-corrected chi connectivity index (χ2v) is 1.94. The monoisotopic (exact) mass is 167 g/mol. The minimum Gasteiger partial charge on any atom is -0.202 e. The molecule has 0 aliphatic heterocycles. The van der Waals surface area contributed by atoms with Crippen molar-refractivity contribution in [3.63, 3.8) is 0 Å². The van der Waals surface area contributed by atoms with E-state index in [2.05, 4.69) is 4.98 Å². The standard InChI is InChI=1S/C5HClF3N/c6-2-1-3(7)5(9)10-4(2)8/h1H. The highest BCUT2D eigenvalue weighted by Crippen LogP contribution is 2.14. The SMILES string of the molecule is Fc1cc(Cl)c(F)nc1F. The minimum atomic E-state index is -1.48. The number of pyridine rings is 1. The third-order valence-corrected chi connectivity index (χ3v) is 1.11. The Morgan fingerprint density at radius 3 is 2.30 bits per heavy atom. The molecule has 1 aromatic rings. The van der Waals surface area contributed by atoms with Crippen LogP contribution in [-0.2, 0) is 0 Å². The van der Waals surface area contributed by atoms with Crippen LogP contribution in [0.5, 0.6) is 0 Å². The Morgan fingerprint density at radius 2 is 1.80 bits per heavy atom. The fourth-order valence-electron chi connectivity index (χ4n) is 0.423. The van der Waals surface area contributed by atoms with Gasteiger partial charge in [-0.25, -0.2) is 4.39 Å². The van der Waals surface area contributed by atoms with Crippen molar-refractivity contribution in [2.75, 3.05) is 0 Å². The van der Waals surface area contributed by atoms with Gasteiger partial charge in [-0.15, -0.1) is 0 Å². The Labute approximate surface area is 59.5 Å². The minimum absolute atomic E-state index is 0.527. The van der Waals surface area contributed by atoms with Gasteiger partial charge in [-0.2, -0.15) is 13.8 Å². The predicted molar refractivity (Wildman–Crippen MR) is 29.1 cm³/mol. The van der Waals surface area contributed by atoms with Gasteiger partial charge < -0.3 is 0 Å². The Morgan fingerprint density at radius 1 is 1.20 bits per heavy atom. The Kier molecular flexibility index (Phi) is 1.80. The number of nitrogens with zero attached hydrogens (tertiary/aromatic N) is 1. The summed E-state index contributed by atoms with van der Waals surface area (Å²) in [5.41, 5.74) is 0. The molecular formula is C5HClF3N. The smallest absolute Gasteiger partial charge is 0.202 e. The van der Waals surface area contributed by atoms with E-state index in [0.717, 1.165) is 0 Å². The van der Waals surface area contributed by atoms with Crippen molar-refractivity contribution >= 4 is 11.6 Å². The van der Waals surface area contributed by atoms with Gasteiger partial charge >= 0.3 is 0 Å². The van der Waals surface area contributed by atoms with E-state index in [1.807, 2.05) is 0 Å². The van der Waals surface area contributed by atoms with E-state index in [1.165, 1.54) is 0 Å². The predicted octanol–water partition coefficient (Wildman–Crippen LogP) is 2.15. The van der Waals surface area contributed by atoms with Crippen molar-refractivity contribution in [1.82, 2.24) is 4.98 Å². The molecule has 0 atom stereocenters. The molecule has 0 saturated heterocycles. The number of rotatable bonds is 0. The van der Waals surface area contributed by atoms with Crippen LogP contribution >= 0.6 is 11.6 Å². The van der Waals surface area contributed by atoms with E-state index in [1.54, 1.807) is 0 Å². The van der Waals surface area contributed by atoms with E-state index in [9.17, 15) is 13.2 Å². The van der Waals surface area contributed by atoms with Crippen LogP contribution in [-0.4, -0.2) is 4.98 Å². The second-order valence-electron chi connectivity index (χ2n) is 1.53. The van der Waals surface area contributed by atoms with Gasteiger partial charge in [0.05, 0.1) is 5.02 Å². The summed E-state index contributed by atoms with van der Waals surface area (Å²) in [4.78, 5) is 2.53. The van der Waals surface area contributed by atoms with Crippen LogP contribution < -0.4 is 0 Å². The summed E-state index contributed by atoms with van der Waals surface area (Å²) in [7, 11) is 0. The first-order valence-electron chi connectivity index (χ1n) is 2.28. The summed E-state index contributed by atoms with van der Waals surface area (Å²) >= 11 is 5.04. The van der Waals surface area contributed by atoms with Crippen LogP contribution in [0.15, 0.2) is 6.07 Å². The lowest BCUT2D eigenvalue weighted by Gasteiger charge is -1.92. The zero-order valence-corrected chi connectivity index (χ0v) is 5.29. The highest BCUT2D eigenvalue weighted by Gasteiger charge is 2.08. The molecule has 0 unspecified atom stereocenters. The summed E-state index contributed by atoms with van der Waals surface area (Å²) in [6.45, 7) is 0. The van der Waals surface area contributed by atoms with Crippen molar-refractivity contribution in [2.24, 2.45) is 0 Å². The number of halogens is 4. The highest BCUT2D eigenvalue weighted by atomic mass is 35.5. The lowest BCUT2D eigenvalue weighted by Crippen LogP contribution is -1.93. The average Bonchev–Trinajstić information content (AvgIpc) is 1.84. The van der Waals surface area contributed by atoms with Gasteiger partial charge in [0, 0.05) is 6.07 Å². The molecule has 0 spiro atoms. The van der Waals surface area contributed by atoms with Crippen LogP contribution in [0.25, 0.3) is 0 Å². The maximum atomic E-state index is 12.1. The Bertz CT molecular complexity index is 213. The highest BCUT2D eigenvalue weighted by molar-refractivity contribution is 6.30. The van der Waals surface area contributed by atoms with E-state index >= 15 is 0 Å². The Hall–Kier alpha value is -0.770. The van der Waals surface area contributed by atoms with Crippen LogP contribution in [0, 0.1) is 17.7 Å². The second kappa shape index (κ2) is 2.46. The normalized spacial score (nSPS) is 10.0. The van der Waals surface area contributed by atoms with E-state index in [4.69, 9.17) is 11.6 Å². The molecule has 0 fully saturated rings. The molecule has 0 aliphatic rings. The maximum absolute atomic E-state index is 12.1. The van der Waals surface area contributed by atoms with Gasteiger partial charge in [-0.1, -0.05) is 11.6 Å². The van der Waals surface area contributed by atoms with Gasteiger partial charge in [-0.05, 0) is 0 Å². The maximum Gasteiger partial charge on any atom is 0.251 e.